The zero-order valence-electron chi connectivity index (χ0n) is 20.1. The number of aromatic amines is 1. The van der Waals surface area contributed by atoms with E-state index < -0.39 is 29.7 Å². The van der Waals surface area contributed by atoms with E-state index in [1.165, 1.54) is 9.47 Å². The molecule has 0 aliphatic heterocycles. The molecule has 9 nitrogen and oxygen atoms in total. The van der Waals surface area contributed by atoms with Gasteiger partial charge in [0, 0.05) is 6.54 Å². The first-order chi connectivity index (χ1) is 16.7. The van der Waals surface area contributed by atoms with Crippen molar-refractivity contribution in [3.8, 4) is 0 Å². The average Bonchev–Trinajstić information content (AvgIpc) is 2.81. The van der Waals surface area contributed by atoms with E-state index in [4.69, 9.17) is 10.5 Å². The van der Waals surface area contributed by atoms with Crippen molar-refractivity contribution in [1.82, 2.24) is 9.55 Å². The van der Waals surface area contributed by atoms with Crippen LogP contribution in [0.25, 0.3) is 0 Å². The molecule has 3 rings (SSSR count). The Bertz CT molecular complexity index is 1310. The predicted molar refractivity (Wildman–Crippen MR) is 134 cm³/mol. The average molecular weight is 479 g/mol. The Balaban J connectivity index is 1.85. The third kappa shape index (κ3) is 6.47. The summed E-state index contributed by atoms with van der Waals surface area (Å²) in [5.41, 5.74) is 7.20. The van der Waals surface area contributed by atoms with Gasteiger partial charge >= 0.3 is 11.7 Å². The molecule has 0 unspecified atom stereocenters. The van der Waals surface area contributed by atoms with Crippen molar-refractivity contribution in [1.29, 1.82) is 0 Å². The highest BCUT2D eigenvalue weighted by molar-refractivity contribution is 5.97. The lowest BCUT2D eigenvalue weighted by atomic mass is 10.1. The van der Waals surface area contributed by atoms with Crippen LogP contribution in [0.5, 0.6) is 0 Å². The van der Waals surface area contributed by atoms with Crippen molar-refractivity contribution in [3.63, 3.8) is 0 Å². The SMILES string of the molecule is Cc1ccccc1CC(=O)OCC(=O)N(CC(C)C)c1c(N)n(Cc2ccccc2)c(=O)[nH]c1=O. The molecule has 2 aromatic carbocycles. The molecule has 0 aliphatic rings. The van der Waals surface area contributed by atoms with E-state index in [0.29, 0.717) is 0 Å². The predicted octanol–water partition coefficient (Wildman–Crippen LogP) is 2.25. The number of carbonyl (C=O) groups is 2. The van der Waals surface area contributed by atoms with Crippen LogP contribution in [0.1, 0.15) is 30.5 Å². The van der Waals surface area contributed by atoms with Crippen molar-refractivity contribution < 1.29 is 14.3 Å². The van der Waals surface area contributed by atoms with Crippen molar-refractivity contribution in [2.45, 2.75) is 33.7 Å². The summed E-state index contributed by atoms with van der Waals surface area (Å²) in [7, 11) is 0. The largest absolute Gasteiger partial charge is 0.455 e. The molecule has 9 heteroatoms. The highest BCUT2D eigenvalue weighted by Gasteiger charge is 2.26. The van der Waals surface area contributed by atoms with Crippen LogP contribution < -0.4 is 21.9 Å². The van der Waals surface area contributed by atoms with Gasteiger partial charge in [0.1, 0.15) is 5.82 Å². The molecule has 0 saturated heterocycles. The van der Waals surface area contributed by atoms with Crippen LogP contribution in [0.15, 0.2) is 64.2 Å². The Kier molecular flexibility index (Phi) is 8.25. The number of nitrogens with two attached hydrogens (primary N) is 1. The first-order valence-corrected chi connectivity index (χ1v) is 11.3. The van der Waals surface area contributed by atoms with E-state index in [1.54, 1.807) is 0 Å². The number of H-pyrrole nitrogens is 1. The van der Waals surface area contributed by atoms with Crippen LogP contribution in [0.4, 0.5) is 11.5 Å². The number of anilines is 2. The van der Waals surface area contributed by atoms with Crippen LogP contribution in [0.2, 0.25) is 0 Å². The first-order valence-electron chi connectivity index (χ1n) is 11.3. The number of rotatable bonds is 9. The molecule has 0 spiro atoms. The number of benzene rings is 2. The summed E-state index contributed by atoms with van der Waals surface area (Å²) in [6, 6.07) is 16.5. The standard InChI is InChI=1S/C26H30N4O5/c1-17(2)14-29(21(31)16-35-22(32)13-20-12-8-7-9-18(20)3)23-24(27)30(26(34)28-25(23)33)15-19-10-5-4-6-11-19/h4-12,17H,13-16,27H2,1-3H3,(H,28,33,34). The Morgan fingerprint density at radius 2 is 1.71 bits per heavy atom. The molecule has 0 radical (unpaired) electrons. The minimum atomic E-state index is -0.781. The molecule has 35 heavy (non-hydrogen) atoms. The molecule has 1 heterocycles. The minimum Gasteiger partial charge on any atom is -0.455 e. The number of carbonyl (C=O) groups excluding carboxylic acids is 2. The molecule has 0 saturated carbocycles. The number of nitrogen functional groups attached to an aromatic ring is 1. The third-order valence-corrected chi connectivity index (χ3v) is 5.47. The Labute approximate surface area is 203 Å². The van der Waals surface area contributed by atoms with Crippen LogP contribution in [-0.4, -0.2) is 34.6 Å². The summed E-state index contributed by atoms with van der Waals surface area (Å²) < 4.78 is 6.43. The van der Waals surface area contributed by atoms with Crippen LogP contribution >= 0.6 is 0 Å². The third-order valence-electron chi connectivity index (χ3n) is 5.47. The Morgan fingerprint density at radius 3 is 2.37 bits per heavy atom. The van der Waals surface area contributed by atoms with Gasteiger partial charge in [-0.3, -0.25) is 23.9 Å². The summed E-state index contributed by atoms with van der Waals surface area (Å²) in [5.74, 6) is -1.34. The molecular formula is C26H30N4O5. The molecule has 0 atom stereocenters. The first kappa shape index (κ1) is 25.5. The lowest BCUT2D eigenvalue weighted by Gasteiger charge is -2.26. The van der Waals surface area contributed by atoms with Gasteiger partial charge in [0.25, 0.3) is 11.5 Å². The number of amides is 1. The molecule has 0 aliphatic carbocycles. The van der Waals surface area contributed by atoms with E-state index in [2.05, 4.69) is 4.98 Å². The maximum atomic E-state index is 13.1. The van der Waals surface area contributed by atoms with Gasteiger partial charge in [0.2, 0.25) is 0 Å². The number of nitrogens with zero attached hydrogens (tertiary/aromatic N) is 2. The minimum absolute atomic E-state index is 0.0226. The van der Waals surface area contributed by atoms with Gasteiger partial charge in [-0.15, -0.1) is 0 Å². The number of aromatic nitrogens is 2. The second kappa shape index (κ2) is 11.3. The van der Waals surface area contributed by atoms with Crippen molar-refractivity contribution in [2.75, 3.05) is 23.8 Å². The second-order valence-electron chi connectivity index (χ2n) is 8.73. The number of esters is 1. The fourth-order valence-corrected chi connectivity index (χ4v) is 3.68. The Hall–Kier alpha value is -4.14. The lowest BCUT2D eigenvalue weighted by Crippen LogP contribution is -2.44. The monoisotopic (exact) mass is 478 g/mol. The van der Waals surface area contributed by atoms with Crippen LogP contribution in [0, 0.1) is 12.8 Å². The van der Waals surface area contributed by atoms with Gasteiger partial charge in [-0.2, -0.15) is 0 Å². The maximum absolute atomic E-state index is 13.1. The smallest absolute Gasteiger partial charge is 0.330 e. The van der Waals surface area contributed by atoms with Gasteiger partial charge < -0.3 is 15.4 Å². The fraction of sp³-hybridized carbons (Fsp3) is 0.308. The summed E-state index contributed by atoms with van der Waals surface area (Å²) in [6.07, 6.45) is 0.0226. The molecule has 3 N–H and O–H groups in total. The summed E-state index contributed by atoms with van der Waals surface area (Å²) in [6.45, 7) is 5.32. The van der Waals surface area contributed by atoms with Gasteiger partial charge in [-0.25, -0.2) is 4.79 Å². The molecule has 1 aromatic heterocycles. The van der Waals surface area contributed by atoms with Crippen molar-refractivity contribution in [2.24, 2.45) is 5.92 Å². The van der Waals surface area contributed by atoms with E-state index in [9.17, 15) is 19.2 Å². The number of nitrogens with one attached hydrogen (secondary N) is 1. The molecule has 1 amide bonds. The second-order valence-corrected chi connectivity index (χ2v) is 8.73. The van der Waals surface area contributed by atoms with E-state index in [1.807, 2.05) is 75.4 Å². The fourth-order valence-electron chi connectivity index (χ4n) is 3.68. The zero-order valence-corrected chi connectivity index (χ0v) is 20.1. The van der Waals surface area contributed by atoms with Gasteiger partial charge in [-0.05, 0) is 29.5 Å². The Morgan fingerprint density at radius 1 is 1.06 bits per heavy atom. The van der Waals surface area contributed by atoms with Crippen molar-refractivity contribution >= 4 is 23.4 Å². The molecule has 3 aromatic rings. The van der Waals surface area contributed by atoms with Crippen LogP contribution in [-0.2, 0) is 27.3 Å². The van der Waals surface area contributed by atoms with E-state index in [0.717, 1.165) is 16.7 Å². The molecule has 0 fully saturated rings. The summed E-state index contributed by atoms with van der Waals surface area (Å²) >= 11 is 0. The van der Waals surface area contributed by atoms with Gasteiger partial charge in [0.05, 0.1) is 13.0 Å². The van der Waals surface area contributed by atoms with Crippen LogP contribution in [0.3, 0.4) is 0 Å². The molecular weight excluding hydrogens is 448 g/mol. The number of aryl methyl sites for hydroxylation is 1. The topological polar surface area (TPSA) is 127 Å². The normalized spacial score (nSPS) is 10.9. The highest BCUT2D eigenvalue weighted by atomic mass is 16.5. The highest BCUT2D eigenvalue weighted by Crippen LogP contribution is 2.20. The molecule has 0 bridgehead atoms. The van der Waals surface area contributed by atoms with Crippen molar-refractivity contribution in [3.05, 3.63) is 92.1 Å². The van der Waals surface area contributed by atoms with E-state index >= 15 is 0 Å². The zero-order chi connectivity index (χ0) is 25.5. The molecule has 184 valence electrons. The lowest BCUT2D eigenvalue weighted by molar-refractivity contribution is -0.147. The maximum Gasteiger partial charge on any atom is 0.330 e. The number of ether oxygens (including phenoxy) is 1. The summed E-state index contributed by atoms with van der Waals surface area (Å²) in [5, 5.41) is 0. The van der Waals surface area contributed by atoms with Gasteiger partial charge in [-0.1, -0.05) is 68.4 Å². The number of hydrogen-bond acceptors (Lipinski definition) is 6. The number of hydrogen-bond donors (Lipinski definition) is 2. The van der Waals surface area contributed by atoms with E-state index in [-0.39, 0.29) is 36.9 Å². The quantitative estimate of drug-likeness (QED) is 0.454. The van der Waals surface area contributed by atoms with Gasteiger partial charge in [0.15, 0.2) is 12.3 Å². The summed E-state index contributed by atoms with van der Waals surface area (Å²) in [4.78, 5) is 54.2.